The largest absolute Gasteiger partial charge is 0.497 e. The van der Waals surface area contributed by atoms with Crippen LogP contribution in [0.4, 0.5) is 10.5 Å². The van der Waals surface area contributed by atoms with E-state index in [1.165, 1.54) is 19.3 Å². The third kappa shape index (κ3) is 4.25. The Labute approximate surface area is 172 Å². The minimum absolute atomic E-state index is 0.187. The predicted octanol–water partition coefficient (Wildman–Crippen LogP) is 3.80. The van der Waals surface area contributed by atoms with Crippen molar-refractivity contribution in [2.75, 3.05) is 18.6 Å². The van der Waals surface area contributed by atoms with Crippen LogP contribution in [0.25, 0.3) is 6.08 Å². The number of hydrogen-bond acceptors (Lipinski definition) is 5. The highest BCUT2D eigenvalue weighted by Crippen LogP contribution is 2.31. The van der Waals surface area contributed by atoms with Crippen LogP contribution in [0.2, 0.25) is 5.02 Å². The van der Waals surface area contributed by atoms with E-state index in [9.17, 15) is 14.4 Å². The van der Waals surface area contributed by atoms with E-state index in [-0.39, 0.29) is 16.3 Å². The Morgan fingerprint density at radius 2 is 1.90 bits per heavy atom. The van der Waals surface area contributed by atoms with E-state index in [1.807, 2.05) is 6.92 Å². The summed E-state index contributed by atoms with van der Waals surface area (Å²) in [5.41, 5.74) is 0.481. The second-order valence-corrected chi connectivity index (χ2v) is 6.57. The highest BCUT2D eigenvalue weighted by atomic mass is 35.5. The number of nitrogens with zero attached hydrogens (tertiary/aromatic N) is 1. The van der Waals surface area contributed by atoms with Gasteiger partial charge in [-0.1, -0.05) is 30.7 Å². The van der Waals surface area contributed by atoms with E-state index in [1.54, 1.807) is 36.4 Å². The molecular formula is C21H19ClN2O5. The molecule has 1 heterocycles. The predicted molar refractivity (Wildman–Crippen MR) is 109 cm³/mol. The summed E-state index contributed by atoms with van der Waals surface area (Å²) in [5, 5.41) is 2.39. The van der Waals surface area contributed by atoms with Crippen LogP contribution in [-0.4, -0.2) is 31.6 Å². The highest BCUT2D eigenvalue weighted by Gasteiger charge is 2.37. The fourth-order valence-corrected chi connectivity index (χ4v) is 2.98. The first kappa shape index (κ1) is 20.4. The number of benzene rings is 2. The van der Waals surface area contributed by atoms with E-state index in [2.05, 4.69) is 5.32 Å². The molecule has 0 bridgehead atoms. The second kappa shape index (κ2) is 8.79. The number of halogens is 1. The van der Waals surface area contributed by atoms with Gasteiger partial charge in [0, 0.05) is 11.6 Å². The summed E-state index contributed by atoms with van der Waals surface area (Å²) in [6.07, 6.45) is 2.17. The fraction of sp³-hybridized carbons (Fsp3) is 0.190. The third-order valence-corrected chi connectivity index (χ3v) is 4.50. The lowest BCUT2D eigenvalue weighted by molar-refractivity contribution is -0.122. The van der Waals surface area contributed by atoms with Crippen molar-refractivity contribution in [2.24, 2.45) is 0 Å². The minimum Gasteiger partial charge on any atom is -0.497 e. The number of amides is 4. The molecule has 0 atom stereocenters. The number of imide groups is 2. The van der Waals surface area contributed by atoms with Crippen LogP contribution < -0.4 is 19.7 Å². The van der Waals surface area contributed by atoms with Crippen molar-refractivity contribution >= 4 is 41.2 Å². The molecule has 0 spiro atoms. The monoisotopic (exact) mass is 414 g/mol. The smallest absolute Gasteiger partial charge is 0.335 e. The molecular weight excluding hydrogens is 396 g/mol. The van der Waals surface area contributed by atoms with Crippen LogP contribution in [0.5, 0.6) is 11.5 Å². The maximum atomic E-state index is 13.0. The van der Waals surface area contributed by atoms with Crippen LogP contribution in [-0.2, 0) is 9.59 Å². The number of anilines is 1. The van der Waals surface area contributed by atoms with Crippen LogP contribution in [0.15, 0.2) is 48.0 Å². The number of barbiturate groups is 1. The molecule has 7 nitrogen and oxygen atoms in total. The second-order valence-electron chi connectivity index (χ2n) is 6.16. The molecule has 1 saturated heterocycles. The van der Waals surface area contributed by atoms with Crippen molar-refractivity contribution in [2.45, 2.75) is 13.3 Å². The molecule has 0 radical (unpaired) electrons. The molecule has 2 aromatic rings. The minimum atomic E-state index is -0.859. The number of ether oxygens (including phenoxy) is 2. The van der Waals surface area contributed by atoms with Gasteiger partial charge in [0.05, 0.1) is 24.4 Å². The molecule has 2 aromatic carbocycles. The maximum absolute atomic E-state index is 13.0. The van der Waals surface area contributed by atoms with Gasteiger partial charge < -0.3 is 9.47 Å². The molecule has 1 fully saturated rings. The van der Waals surface area contributed by atoms with Crippen molar-refractivity contribution < 1.29 is 23.9 Å². The molecule has 4 amide bonds. The Kier molecular flexibility index (Phi) is 6.19. The Bertz CT molecular complexity index is 1000. The zero-order chi connectivity index (χ0) is 21.0. The van der Waals surface area contributed by atoms with Gasteiger partial charge >= 0.3 is 6.03 Å². The zero-order valence-corrected chi connectivity index (χ0v) is 16.7. The zero-order valence-electron chi connectivity index (χ0n) is 15.9. The lowest BCUT2D eigenvalue weighted by Gasteiger charge is -2.27. The van der Waals surface area contributed by atoms with Crippen molar-refractivity contribution in [3.63, 3.8) is 0 Å². The van der Waals surface area contributed by atoms with E-state index in [0.717, 1.165) is 11.3 Å². The van der Waals surface area contributed by atoms with Crippen LogP contribution in [0.1, 0.15) is 18.9 Å². The van der Waals surface area contributed by atoms with E-state index in [4.69, 9.17) is 21.1 Å². The van der Waals surface area contributed by atoms with E-state index >= 15 is 0 Å². The average Bonchev–Trinajstić information content (AvgIpc) is 2.71. The first-order valence-electron chi connectivity index (χ1n) is 8.93. The van der Waals surface area contributed by atoms with Gasteiger partial charge in [-0.15, -0.1) is 0 Å². The molecule has 150 valence electrons. The SMILES string of the molecule is CCCOc1cc(OC)ccc1/C=C1\C(=O)NC(=O)N(c2ccccc2Cl)C1=O. The molecule has 3 rings (SSSR count). The Balaban J connectivity index is 2.04. The Morgan fingerprint density at radius 3 is 2.59 bits per heavy atom. The summed E-state index contributed by atoms with van der Waals surface area (Å²) in [6, 6.07) is 10.6. The molecule has 0 aromatic heterocycles. The lowest BCUT2D eigenvalue weighted by atomic mass is 10.1. The number of rotatable bonds is 6. The molecule has 1 N–H and O–H groups in total. The molecule has 1 aliphatic rings. The molecule has 1 aliphatic heterocycles. The first-order chi connectivity index (χ1) is 14.0. The summed E-state index contributed by atoms with van der Waals surface area (Å²) in [6.45, 7) is 2.41. The number of carbonyl (C=O) groups is 3. The summed E-state index contributed by atoms with van der Waals surface area (Å²) >= 11 is 6.14. The molecule has 29 heavy (non-hydrogen) atoms. The third-order valence-electron chi connectivity index (χ3n) is 4.18. The van der Waals surface area contributed by atoms with Crippen molar-refractivity contribution in [1.29, 1.82) is 0 Å². The number of para-hydroxylation sites is 1. The summed E-state index contributed by atoms with van der Waals surface area (Å²) in [5.74, 6) is -0.532. The maximum Gasteiger partial charge on any atom is 0.335 e. The normalized spacial score (nSPS) is 15.5. The van der Waals surface area contributed by atoms with Gasteiger partial charge in [0.2, 0.25) is 0 Å². The van der Waals surface area contributed by atoms with Gasteiger partial charge in [-0.05, 0) is 36.8 Å². The van der Waals surface area contributed by atoms with Crippen LogP contribution >= 0.6 is 11.6 Å². The first-order valence-corrected chi connectivity index (χ1v) is 9.31. The average molecular weight is 415 g/mol. The molecule has 0 aliphatic carbocycles. The van der Waals surface area contributed by atoms with Gasteiger partial charge in [-0.3, -0.25) is 14.9 Å². The van der Waals surface area contributed by atoms with Gasteiger partial charge in [0.15, 0.2) is 0 Å². The quantitative estimate of drug-likeness (QED) is 0.574. The topological polar surface area (TPSA) is 84.9 Å². The lowest BCUT2D eigenvalue weighted by Crippen LogP contribution is -2.54. The Morgan fingerprint density at radius 1 is 1.14 bits per heavy atom. The summed E-state index contributed by atoms with van der Waals surface area (Å²) in [4.78, 5) is 38.5. The van der Waals surface area contributed by atoms with Crippen molar-refractivity contribution in [1.82, 2.24) is 5.32 Å². The fourth-order valence-electron chi connectivity index (χ4n) is 2.76. The highest BCUT2D eigenvalue weighted by molar-refractivity contribution is 6.42. The number of methoxy groups -OCH3 is 1. The standard InChI is InChI=1S/C21H19ClN2O5/c1-3-10-29-18-12-14(28-2)9-8-13(18)11-15-19(25)23-21(27)24(20(15)26)17-7-5-4-6-16(17)22/h4-9,11-12H,3,10H2,1-2H3,(H,23,25,27)/b15-11+. The summed E-state index contributed by atoms with van der Waals surface area (Å²) < 4.78 is 10.9. The number of carbonyl (C=O) groups excluding carboxylic acids is 3. The molecule has 0 saturated carbocycles. The van der Waals surface area contributed by atoms with Crippen LogP contribution in [0.3, 0.4) is 0 Å². The number of urea groups is 1. The van der Waals surface area contributed by atoms with E-state index < -0.39 is 17.8 Å². The number of nitrogens with one attached hydrogen (secondary N) is 1. The summed E-state index contributed by atoms with van der Waals surface area (Å²) in [7, 11) is 1.53. The molecule has 0 unspecified atom stereocenters. The van der Waals surface area contributed by atoms with Gasteiger partial charge in [-0.25, -0.2) is 9.69 Å². The van der Waals surface area contributed by atoms with Gasteiger partial charge in [0.1, 0.15) is 17.1 Å². The Hall–Kier alpha value is -3.32. The van der Waals surface area contributed by atoms with Crippen molar-refractivity contribution in [3.05, 3.63) is 58.6 Å². The van der Waals surface area contributed by atoms with Gasteiger partial charge in [0.25, 0.3) is 11.8 Å². The number of hydrogen-bond donors (Lipinski definition) is 1. The van der Waals surface area contributed by atoms with Gasteiger partial charge in [-0.2, -0.15) is 0 Å². The van der Waals surface area contributed by atoms with Crippen LogP contribution in [0, 0.1) is 0 Å². The molecule has 8 heteroatoms. The van der Waals surface area contributed by atoms with E-state index in [0.29, 0.717) is 23.7 Å². The van der Waals surface area contributed by atoms with Crippen molar-refractivity contribution in [3.8, 4) is 11.5 Å².